The number of nitrogens with one attached hydrogen (secondary N) is 2. The zero-order chi connectivity index (χ0) is 27.0. The highest BCUT2D eigenvalue weighted by Gasteiger charge is 2.27. The van der Waals surface area contributed by atoms with Crippen molar-refractivity contribution in [1.82, 2.24) is 4.72 Å². The largest absolute Gasteiger partial charge is 0.492 e. The van der Waals surface area contributed by atoms with Gasteiger partial charge in [0.05, 0.1) is 22.2 Å². The molecule has 4 aromatic rings. The Morgan fingerprint density at radius 1 is 0.868 bits per heavy atom. The van der Waals surface area contributed by atoms with Crippen LogP contribution in [0.25, 0.3) is 0 Å². The third-order valence-electron chi connectivity index (χ3n) is 5.53. The summed E-state index contributed by atoms with van der Waals surface area (Å²) in [5, 5.41) is 2.98. The summed E-state index contributed by atoms with van der Waals surface area (Å²) in [6.07, 6.45) is 0.123. The molecule has 0 saturated heterocycles. The van der Waals surface area contributed by atoms with E-state index < -0.39 is 22.0 Å². The average molecular weight is 551 g/mol. The highest BCUT2D eigenvalue weighted by molar-refractivity contribution is 7.89. The minimum atomic E-state index is -4.11. The monoisotopic (exact) mass is 550 g/mol. The fraction of sp³-hybridized carbons (Fsp3) is 0.138. The van der Waals surface area contributed by atoms with Gasteiger partial charge in [0.1, 0.15) is 17.5 Å². The van der Waals surface area contributed by atoms with Crippen molar-refractivity contribution in [2.45, 2.75) is 24.3 Å². The Hall–Kier alpha value is -3.85. The molecule has 0 radical (unpaired) electrons. The Labute approximate surface area is 227 Å². The summed E-state index contributed by atoms with van der Waals surface area (Å²) in [6, 6.07) is 28.3. The highest BCUT2D eigenvalue weighted by atomic mass is 35.5. The van der Waals surface area contributed by atoms with Gasteiger partial charge in [0.2, 0.25) is 15.9 Å². The second-order valence-electron chi connectivity index (χ2n) is 8.29. The molecule has 4 rings (SSSR count). The number of amides is 1. The maximum Gasteiger partial charge on any atom is 0.243 e. The van der Waals surface area contributed by atoms with Gasteiger partial charge in [-0.25, -0.2) is 8.42 Å². The molecule has 1 amide bonds. The van der Waals surface area contributed by atoms with Gasteiger partial charge in [0.25, 0.3) is 0 Å². The van der Waals surface area contributed by atoms with Crippen LogP contribution in [0.1, 0.15) is 12.5 Å². The Balaban J connectivity index is 1.60. The molecule has 0 bridgehead atoms. The van der Waals surface area contributed by atoms with Crippen LogP contribution >= 0.6 is 11.6 Å². The molecule has 0 aliphatic carbocycles. The number of carbonyl (C=O) groups excluding carboxylic acids is 1. The van der Waals surface area contributed by atoms with Gasteiger partial charge < -0.3 is 14.8 Å². The number of sulfonamides is 1. The smallest absolute Gasteiger partial charge is 0.243 e. The van der Waals surface area contributed by atoms with Crippen molar-refractivity contribution in [3.8, 4) is 17.2 Å². The number of rotatable bonds is 11. The molecular weight excluding hydrogens is 524 g/mol. The van der Waals surface area contributed by atoms with Gasteiger partial charge in [0.15, 0.2) is 5.75 Å². The molecule has 196 valence electrons. The normalized spacial score (nSPS) is 11.9. The average Bonchev–Trinajstić information content (AvgIpc) is 2.91. The lowest BCUT2D eigenvalue weighted by Crippen LogP contribution is -2.45. The molecule has 0 heterocycles. The quantitative estimate of drug-likeness (QED) is 0.237. The van der Waals surface area contributed by atoms with Crippen molar-refractivity contribution in [2.75, 3.05) is 11.9 Å². The zero-order valence-electron chi connectivity index (χ0n) is 20.6. The first kappa shape index (κ1) is 27.2. The summed E-state index contributed by atoms with van der Waals surface area (Å²) in [5.41, 5.74) is 1.19. The summed E-state index contributed by atoms with van der Waals surface area (Å²) >= 11 is 6.22. The number of carbonyl (C=O) groups is 1. The van der Waals surface area contributed by atoms with Crippen LogP contribution in [0.5, 0.6) is 17.2 Å². The summed E-state index contributed by atoms with van der Waals surface area (Å²) in [5.74, 6) is 0.857. The zero-order valence-corrected chi connectivity index (χ0v) is 22.2. The molecule has 2 N–H and O–H groups in total. The number of benzene rings is 4. The van der Waals surface area contributed by atoms with Crippen molar-refractivity contribution in [3.63, 3.8) is 0 Å². The van der Waals surface area contributed by atoms with Gasteiger partial charge in [-0.1, -0.05) is 72.3 Å². The number of halogens is 1. The van der Waals surface area contributed by atoms with Gasteiger partial charge in [0, 0.05) is 0 Å². The Kier molecular flexibility index (Phi) is 9.02. The number of hydrogen-bond acceptors (Lipinski definition) is 5. The molecular formula is C29H27ClN2O5S. The van der Waals surface area contributed by atoms with E-state index in [0.717, 1.165) is 5.56 Å². The summed E-state index contributed by atoms with van der Waals surface area (Å²) in [7, 11) is -4.11. The first-order valence-electron chi connectivity index (χ1n) is 12.0. The fourth-order valence-electron chi connectivity index (χ4n) is 3.71. The van der Waals surface area contributed by atoms with E-state index >= 15 is 0 Å². The maximum atomic E-state index is 13.5. The number of ether oxygens (including phenoxy) is 2. The van der Waals surface area contributed by atoms with Crippen molar-refractivity contribution in [2.24, 2.45) is 0 Å². The third kappa shape index (κ3) is 7.13. The molecule has 1 atom stereocenters. The predicted molar refractivity (Wildman–Crippen MR) is 148 cm³/mol. The van der Waals surface area contributed by atoms with E-state index in [0.29, 0.717) is 29.5 Å². The number of anilines is 1. The van der Waals surface area contributed by atoms with Crippen LogP contribution in [-0.4, -0.2) is 27.0 Å². The van der Waals surface area contributed by atoms with Crippen LogP contribution in [0, 0.1) is 0 Å². The Morgan fingerprint density at radius 2 is 1.53 bits per heavy atom. The van der Waals surface area contributed by atoms with Crippen molar-refractivity contribution >= 4 is 33.2 Å². The van der Waals surface area contributed by atoms with Gasteiger partial charge in [-0.2, -0.15) is 4.72 Å². The molecule has 38 heavy (non-hydrogen) atoms. The number of para-hydroxylation sites is 3. The predicted octanol–water partition coefficient (Wildman–Crippen LogP) is 6.06. The molecule has 9 heteroatoms. The maximum absolute atomic E-state index is 13.5. The highest BCUT2D eigenvalue weighted by Crippen LogP contribution is 2.30. The van der Waals surface area contributed by atoms with Crippen molar-refractivity contribution in [3.05, 3.63) is 114 Å². The summed E-state index contributed by atoms with van der Waals surface area (Å²) < 4.78 is 40.5. The molecule has 0 saturated carbocycles. The first-order valence-corrected chi connectivity index (χ1v) is 13.8. The van der Waals surface area contributed by atoms with Crippen LogP contribution in [-0.2, 0) is 21.2 Å². The summed E-state index contributed by atoms with van der Waals surface area (Å²) in [4.78, 5) is 13.4. The molecule has 4 aromatic carbocycles. The standard InChI is InChI=1S/C29H27ClN2O5S/c1-2-36-27-18-17-23(20-24(27)30)38(34,35)32-26(19-21-11-5-3-6-12-21)29(33)31-25-15-9-10-16-28(25)37-22-13-7-4-8-14-22/h3-18,20,26,32H,2,19H2,1H3,(H,31,33)/t26-/m0/s1. The lowest BCUT2D eigenvalue weighted by molar-refractivity contribution is -0.117. The summed E-state index contributed by atoms with van der Waals surface area (Å²) in [6.45, 7) is 2.19. The minimum Gasteiger partial charge on any atom is -0.492 e. The van der Waals surface area contributed by atoms with E-state index in [9.17, 15) is 13.2 Å². The fourth-order valence-corrected chi connectivity index (χ4v) is 5.23. The Bertz CT molecular complexity index is 1480. The van der Waals surface area contributed by atoms with E-state index in [1.807, 2.05) is 48.5 Å². The number of hydrogen-bond donors (Lipinski definition) is 2. The SMILES string of the molecule is CCOc1ccc(S(=O)(=O)N[C@@H](Cc2ccccc2)C(=O)Nc2ccccc2Oc2ccccc2)cc1Cl. The molecule has 7 nitrogen and oxygen atoms in total. The first-order chi connectivity index (χ1) is 18.4. The molecule has 0 aliphatic heterocycles. The molecule has 0 spiro atoms. The van der Waals surface area contributed by atoms with Crippen molar-refractivity contribution in [1.29, 1.82) is 0 Å². The van der Waals surface area contributed by atoms with Gasteiger partial charge in [-0.3, -0.25) is 4.79 Å². The molecule has 0 aromatic heterocycles. The molecule has 0 aliphatic rings. The second-order valence-corrected chi connectivity index (χ2v) is 10.4. The van der Waals surface area contributed by atoms with Crippen LogP contribution in [0.3, 0.4) is 0 Å². The van der Waals surface area contributed by atoms with Crippen LogP contribution in [0.15, 0.2) is 108 Å². The van der Waals surface area contributed by atoms with Crippen LogP contribution in [0.4, 0.5) is 5.69 Å². The van der Waals surface area contributed by atoms with Gasteiger partial charge in [-0.05, 0) is 61.4 Å². The third-order valence-corrected chi connectivity index (χ3v) is 7.29. The van der Waals surface area contributed by atoms with E-state index in [1.165, 1.54) is 18.2 Å². The lowest BCUT2D eigenvalue weighted by Gasteiger charge is -2.20. The van der Waals surface area contributed by atoms with E-state index in [-0.39, 0.29) is 16.3 Å². The second kappa shape index (κ2) is 12.6. The van der Waals surface area contributed by atoms with Crippen LogP contribution in [0.2, 0.25) is 5.02 Å². The minimum absolute atomic E-state index is 0.0791. The van der Waals surface area contributed by atoms with E-state index in [1.54, 1.807) is 43.3 Å². The topological polar surface area (TPSA) is 93.7 Å². The molecule has 0 unspecified atom stereocenters. The van der Waals surface area contributed by atoms with Crippen LogP contribution < -0.4 is 19.5 Å². The van der Waals surface area contributed by atoms with Crippen molar-refractivity contribution < 1.29 is 22.7 Å². The Morgan fingerprint density at radius 3 is 2.21 bits per heavy atom. The molecule has 0 fully saturated rings. The van der Waals surface area contributed by atoms with Gasteiger partial charge >= 0.3 is 0 Å². The lowest BCUT2D eigenvalue weighted by atomic mass is 10.1. The van der Waals surface area contributed by atoms with Gasteiger partial charge in [-0.15, -0.1) is 0 Å². The van der Waals surface area contributed by atoms with E-state index in [4.69, 9.17) is 21.1 Å². The van der Waals surface area contributed by atoms with E-state index in [2.05, 4.69) is 10.0 Å².